The van der Waals surface area contributed by atoms with Crippen molar-refractivity contribution < 1.29 is 0 Å². The number of fused-ring (bicyclic) bond motifs is 1. The SMILES string of the molecule is CSCCC(C)N(C)CC1CCNc2ccccc21. The van der Waals surface area contributed by atoms with Crippen molar-refractivity contribution in [3.63, 3.8) is 0 Å². The predicted molar refractivity (Wildman–Crippen MR) is 87.4 cm³/mol. The van der Waals surface area contributed by atoms with E-state index in [1.54, 1.807) is 0 Å². The van der Waals surface area contributed by atoms with Gasteiger partial charge in [-0.25, -0.2) is 0 Å². The molecule has 0 fully saturated rings. The Morgan fingerprint density at radius 2 is 2.21 bits per heavy atom. The molecule has 0 radical (unpaired) electrons. The number of likely N-dealkylation sites (N-methyl/N-ethyl adjacent to an activating group) is 1. The van der Waals surface area contributed by atoms with Crippen molar-refractivity contribution in [2.24, 2.45) is 0 Å². The molecule has 1 N–H and O–H groups in total. The van der Waals surface area contributed by atoms with Gasteiger partial charge >= 0.3 is 0 Å². The molecule has 1 aliphatic rings. The number of rotatable bonds is 6. The van der Waals surface area contributed by atoms with Gasteiger partial charge in [0.2, 0.25) is 0 Å². The molecule has 0 saturated carbocycles. The third-order valence-corrected chi connectivity index (χ3v) is 4.85. The molecule has 1 aromatic carbocycles. The molecule has 3 heteroatoms. The molecule has 1 heterocycles. The lowest BCUT2D eigenvalue weighted by molar-refractivity contribution is 0.234. The minimum atomic E-state index is 0.675. The van der Waals surface area contributed by atoms with Gasteiger partial charge in [0.1, 0.15) is 0 Å². The Balaban J connectivity index is 1.96. The summed E-state index contributed by atoms with van der Waals surface area (Å²) in [6.45, 7) is 4.63. The highest BCUT2D eigenvalue weighted by molar-refractivity contribution is 7.98. The molecule has 19 heavy (non-hydrogen) atoms. The molecule has 1 aromatic rings. The van der Waals surface area contributed by atoms with Crippen LogP contribution in [0.4, 0.5) is 5.69 Å². The molecule has 0 spiro atoms. The second-order valence-corrected chi connectivity index (χ2v) is 6.56. The summed E-state index contributed by atoms with van der Waals surface area (Å²) >= 11 is 1.95. The quantitative estimate of drug-likeness (QED) is 0.855. The number of benzene rings is 1. The van der Waals surface area contributed by atoms with Gasteiger partial charge in [-0.1, -0.05) is 18.2 Å². The maximum Gasteiger partial charge on any atom is 0.0376 e. The Morgan fingerprint density at radius 3 is 3.00 bits per heavy atom. The van der Waals surface area contributed by atoms with Crippen LogP contribution in [0, 0.1) is 0 Å². The number of nitrogens with zero attached hydrogens (tertiary/aromatic N) is 1. The van der Waals surface area contributed by atoms with Crippen LogP contribution < -0.4 is 5.32 Å². The van der Waals surface area contributed by atoms with Crippen molar-refractivity contribution >= 4 is 17.4 Å². The maximum absolute atomic E-state index is 3.51. The molecule has 2 atom stereocenters. The average molecular weight is 278 g/mol. The van der Waals surface area contributed by atoms with Crippen LogP contribution in [0.15, 0.2) is 24.3 Å². The lowest BCUT2D eigenvalue weighted by Gasteiger charge is -2.33. The Labute approximate surface area is 122 Å². The van der Waals surface area contributed by atoms with Crippen molar-refractivity contribution in [2.45, 2.75) is 31.7 Å². The monoisotopic (exact) mass is 278 g/mol. The van der Waals surface area contributed by atoms with Crippen molar-refractivity contribution in [2.75, 3.05) is 37.5 Å². The maximum atomic E-state index is 3.51. The highest BCUT2D eigenvalue weighted by atomic mass is 32.2. The van der Waals surface area contributed by atoms with E-state index in [0.29, 0.717) is 12.0 Å². The van der Waals surface area contributed by atoms with E-state index in [0.717, 1.165) is 6.54 Å². The van der Waals surface area contributed by atoms with E-state index < -0.39 is 0 Å². The Bertz CT molecular complexity index is 394. The molecule has 0 saturated heterocycles. The fourth-order valence-corrected chi connectivity index (χ4v) is 3.35. The third kappa shape index (κ3) is 3.90. The normalized spacial score (nSPS) is 19.9. The summed E-state index contributed by atoms with van der Waals surface area (Å²) in [7, 11) is 2.27. The van der Waals surface area contributed by atoms with E-state index in [9.17, 15) is 0 Å². The summed E-state index contributed by atoms with van der Waals surface area (Å²) in [5.41, 5.74) is 2.83. The Hall–Kier alpha value is -0.670. The van der Waals surface area contributed by atoms with E-state index in [1.807, 2.05) is 11.8 Å². The molecule has 0 aliphatic carbocycles. The lowest BCUT2D eigenvalue weighted by atomic mass is 9.90. The van der Waals surface area contributed by atoms with E-state index in [2.05, 4.69) is 54.7 Å². The third-order valence-electron chi connectivity index (χ3n) is 4.21. The van der Waals surface area contributed by atoms with Gasteiger partial charge in [0, 0.05) is 30.7 Å². The van der Waals surface area contributed by atoms with Gasteiger partial charge in [-0.05, 0) is 50.5 Å². The molecule has 106 valence electrons. The van der Waals surface area contributed by atoms with Crippen molar-refractivity contribution in [3.8, 4) is 0 Å². The van der Waals surface area contributed by atoms with Gasteiger partial charge in [0.05, 0.1) is 0 Å². The van der Waals surface area contributed by atoms with Crippen LogP contribution in [-0.2, 0) is 0 Å². The molecule has 0 bridgehead atoms. The number of para-hydroxylation sites is 1. The Morgan fingerprint density at radius 1 is 1.42 bits per heavy atom. The van der Waals surface area contributed by atoms with E-state index in [1.165, 1.54) is 36.4 Å². The second-order valence-electron chi connectivity index (χ2n) is 5.57. The first kappa shape index (κ1) is 14.7. The molecule has 2 rings (SSSR count). The van der Waals surface area contributed by atoms with Crippen LogP contribution in [0.1, 0.15) is 31.2 Å². The van der Waals surface area contributed by atoms with Crippen LogP contribution in [0.25, 0.3) is 0 Å². The first-order valence-electron chi connectivity index (χ1n) is 7.24. The molecule has 1 aliphatic heterocycles. The zero-order valence-corrected chi connectivity index (χ0v) is 13.2. The first-order valence-corrected chi connectivity index (χ1v) is 8.63. The molecular weight excluding hydrogens is 252 g/mol. The molecule has 2 nitrogen and oxygen atoms in total. The van der Waals surface area contributed by atoms with Crippen LogP contribution in [0.5, 0.6) is 0 Å². The highest BCUT2D eigenvalue weighted by Crippen LogP contribution is 2.32. The second kappa shape index (κ2) is 7.20. The minimum absolute atomic E-state index is 0.675. The van der Waals surface area contributed by atoms with E-state index in [-0.39, 0.29) is 0 Å². The zero-order chi connectivity index (χ0) is 13.7. The molecule has 0 aromatic heterocycles. The van der Waals surface area contributed by atoms with E-state index in [4.69, 9.17) is 0 Å². The first-order chi connectivity index (χ1) is 9.22. The number of hydrogen-bond donors (Lipinski definition) is 1. The standard InChI is InChI=1S/C16H26N2S/c1-13(9-11-19-3)18(2)12-14-8-10-17-16-7-5-4-6-15(14)16/h4-7,13-14,17H,8-12H2,1-3H3. The molecular formula is C16H26N2S. The van der Waals surface area contributed by atoms with Crippen LogP contribution in [-0.4, -0.2) is 43.1 Å². The summed E-state index contributed by atoms with van der Waals surface area (Å²) in [6, 6.07) is 9.45. The minimum Gasteiger partial charge on any atom is -0.385 e. The van der Waals surface area contributed by atoms with Crippen LogP contribution >= 0.6 is 11.8 Å². The summed E-state index contributed by atoms with van der Waals surface area (Å²) < 4.78 is 0. The van der Waals surface area contributed by atoms with Crippen molar-refractivity contribution in [1.29, 1.82) is 0 Å². The molecule has 0 amide bonds. The van der Waals surface area contributed by atoms with Crippen LogP contribution in [0.3, 0.4) is 0 Å². The largest absolute Gasteiger partial charge is 0.385 e. The summed E-state index contributed by atoms with van der Waals surface area (Å²) in [4.78, 5) is 2.53. The van der Waals surface area contributed by atoms with Gasteiger partial charge in [-0.3, -0.25) is 0 Å². The van der Waals surface area contributed by atoms with Crippen molar-refractivity contribution in [1.82, 2.24) is 4.90 Å². The van der Waals surface area contributed by atoms with Gasteiger partial charge in [-0.2, -0.15) is 11.8 Å². The van der Waals surface area contributed by atoms with Gasteiger partial charge in [-0.15, -0.1) is 0 Å². The predicted octanol–water partition coefficient (Wildman–Crippen LogP) is 3.66. The van der Waals surface area contributed by atoms with Gasteiger partial charge < -0.3 is 10.2 Å². The fraction of sp³-hybridized carbons (Fsp3) is 0.625. The lowest BCUT2D eigenvalue weighted by Crippen LogP contribution is -2.35. The number of nitrogens with one attached hydrogen (secondary N) is 1. The Kier molecular flexibility index (Phi) is 5.59. The zero-order valence-electron chi connectivity index (χ0n) is 12.4. The summed E-state index contributed by atoms with van der Waals surface area (Å²) in [5, 5.41) is 3.51. The number of thioether (sulfide) groups is 1. The fourth-order valence-electron chi connectivity index (χ4n) is 2.78. The summed E-state index contributed by atoms with van der Waals surface area (Å²) in [5.74, 6) is 1.94. The summed E-state index contributed by atoms with van der Waals surface area (Å²) in [6.07, 6.45) is 4.72. The van der Waals surface area contributed by atoms with Gasteiger partial charge in [0.15, 0.2) is 0 Å². The smallest absolute Gasteiger partial charge is 0.0376 e. The highest BCUT2D eigenvalue weighted by Gasteiger charge is 2.22. The van der Waals surface area contributed by atoms with Gasteiger partial charge in [0.25, 0.3) is 0 Å². The number of anilines is 1. The number of hydrogen-bond acceptors (Lipinski definition) is 3. The van der Waals surface area contributed by atoms with Crippen LogP contribution in [0.2, 0.25) is 0 Å². The average Bonchev–Trinajstić information content (AvgIpc) is 2.45. The topological polar surface area (TPSA) is 15.3 Å². The van der Waals surface area contributed by atoms with Crippen molar-refractivity contribution in [3.05, 3.63) is 29.8 Å². The molecule has 2 unspecified atom stereocenters. The van der Waals surface area contributed by atoms with E-state index >= 15 is 0 Å².